The van der Waals surface area contributed by atoms with Gasteiger partial charge in [0.15, 0.2) is 0 Å². The van der Waals surface area contributed by atoms with Gasteiger partial charge in [-0.05, 0) is 47.0 Å². The first-order valence-electron chi connectivity index (χ1n) is 6.59. The smallest absolute Gasteiger partial charge is 0.249 e. The van der Waals surface area contributed by atoms with Crippen LogP contribution in [0.5, 0.6) is 0 Å². The molecule has 108 valence electrons. The molecule has 6 heteroatoms. The van der Waals surface area contributed by atoms with E-state index in [9.17, 15) is 9.59 Å². The Kier molecular flexibility index (Phi) is 4.45. The van der Waals surface area contributed by atoms with Gasteiger partial charge in [-0.2, -0.15) is 0 Å². The van der Waals surface area contributed by atoms with E-state index in [4.69, 9.17) is 5.73 Å². The average Bonchev–Trinajstić information content (AvgIpc) is 2.37. The summed E-state index contributed by atoms with van der Waals surface area (Å²) in [6, 6.07) is 5.37. The first-order valence-corrected chi connectivity index (χ1v) is 7.38. The molecule has 1 aliphatic rings. The third-order valence-electron chi connectivity index (χ3n) is 3.45. The molecule has 2 atom stereocenters. The van der Waals surface area contributed by atoms with Gasteiger partial charge in [0, 0.05) is 10.5 Å². The molecular formula is C14H18BrN3O2. The molecule has 0 aliphatic carbocycles. The molecule has 20 heavy (non-hydrogen) atoms. The van der Waals surface area contributed by atoms with Gasteiger partial charge in [0.1, 0.15) is 6.04 Å². The Bertz CT molecular complexity index is 545. The molecule has 0 radical (unpaired) electrons. The van der Waals surface area contributed by atoms with Crippen LogP contribution >= 0.6 is 15.9 Å². The molecule has 1 heterocycles. The Labute approximate surface area is 126 Å². The van der Waals surface area contributed by atoms with Crippen molar-refractivity contribution in [1.82, 2.24) is 5.32 Å². The minimum Gasteiger partial charge on any atom is -0.349 e. The number of nitrogens with one attached hydrogen (secondary N) is 1. The van der Waals surface area contributed by atoms with Crippen molar-refractivity contribution in [2.24, 2.45) is 5.73 Å². The molecule has 2 amide bonds. The number of imide groups is 1. The maximum absolute atomic E-state index is 11.9. The molecule has 1 aliphatic heterocycles. The quantitative estimate of drug-likeness (QED) is 0.822. The fourth-order valence-electron chi connectivity index (χ4n) is 2.36. The Morgan fingerprint density at radius 2 is 2.20 bits per heavy atom. The van der Waals surface area contributed by atoms with E-state index in [0.717, 1.165) is 15.7 Å². The van der Waals surface area contributed by atoms with E-state index in [2.05, 4.69) is 21.2 Å². The lowest BCUT2D eigenvalue weighted by Gasteiger charge is -2.36. The molecule has 0 bridgehead atoms. The molecule has 1 saturated heterocycles. The van der Waals surface area contributed by atoms with E-state index in [1.54, 1.807) is 0 Å². The predicted octanol–water partition coefficient (Wildman–Crippen LogP) is 1.71. The number of rotatable bonds is 3. The van der Waals surface area contributed by atoms with Gasteiger partial charge in [0.05, 0.1) is 12.2 Å². The van der Waals surface area contributed by atoms with Crippen molar-refractivity contribution in [3.63, 3.8) is 0 Å². The highest BCUT2D eigenvalue weighted by Gasteiger charge is 2.33. The summed E-state index contributed by atoms with van der Waals surface area (Å²) < 4.78 is 0.841. The first kappa shape index (κ1) is 15.0. The lowest BCUT2D eigenvalue weighted by atomic mass is 10.1. The fraction of sp³-hybridized carbons (Fsp3) is 0.429. The van der Waals surface area contributed by atoms with Crippen LogP contribution in [0.4, 0.5) is 5.69 Å². The minimum absolute atomic E-state index is 0.0615. The summed E-state index contributed by atoms with van der Waals surface area (Å²) in [5.74, 6) is -0.519. The molecule has 1 fully saturated rings. The second kappa shape index (κ2) is 5.93. The van der Waals surface area contributed by atoms with Crippen LogP contribution in [0, 0.1) is 0 Å². The number of hydrogen-bond donors (Lipinski definition) is 2. The summed E-state index contributed by atoms with van der Waals surface area (Å²) in [5.41, 5.74) is 7.69. The van der Waals surface area contributed by atoms with Crippen LogP contribution in [0.3, 0.4) is 0 Å². The van der Waals surface area contributed by atoms with Crippen LogP contribution < -0.4 is 16.0 Å². The summed E-state index contributed by atoms with van der Waals surface area (Å²) >= 11 is 3.51. The maximum atomic E-state index is 11.9. The van der Waals surface area contributed by atoms with Gasteiger partial charge >= 0.3 is 0 Å². The molecule has 1 aromatic rings. The third kappa shape index (κ3) is 2.86. The van der Waals surface area contributed by atoms with Gasteiger partial charge in [-0.25, -0.2) is 0 Å². The number of nitrogens with two attached hydrogens (primary N) is 1. The molecular weight excluding hydrogens is 322 g/mol. The van der Waals surface area contributed by atoms with Crippen LogP contribution in [-0.2, 0) is 9.59 Å². The second-order valence-electron chi connectivity index (χ2n) is 4.96. The molecule has 5 nitrogen and oxygen atoms in total. The number of benzene rings is 1. The van der Waals surface area contributed by atoms with Crippen LogP contribution in [0.25, 0.3) is 0 Å². The number of halogens is 1. The van der Waals surface area contributed by atoms with Gasteiger partial charge in [-0.15, -0.1) is 0 Å². The summed E-state index contributed by atoms with van der Waals surface area (Å²) in [6.07, 6.45) is 0.639. The van der Waals surface area contributed by atoms with Crippen LogP contribution in [-0.4, -0.2) is 24.4 Å². The van der Waals surface area contributed by atoms with E-state index in [-0.39, 0.29) is 30.4 Å². The number of nitrogens with zero attached hydrogens (tertiary/aromatic N) is 1. The number of piperazine rings is 1. The number of carbonyl (C=O) groups excluding carboxylic acids is 2. The predicted molar refractivity (Wildman–Crippen MR) is 81.3 cm³/mol. The lowest BCUT2D eigenvalue weighted by molar-refractivity contribution is -0.132. The molecule has 3 N–H and O–H groups in total. The summed E-state index contributed by atoms with van der Waals surface area (Å²) in [7, 11) is 0. The van der Waals surface area contributed by atoms with Crippen molar-refractivity contribution in [3.8, 4) is 0 Å². The van der Waals surface area contributed by atoms with Gasteiger partial charge in [0.2, 0.25) is 11.8 Å². The van der Waals surface area contributed by atoms with Crippen LogP contribution in [0.1, 0.15) is 31.9 Å². The van der Waals surface area contributed by atoms with Crippen LogP contribution in [0.15, 0.2) is 22.7 Å². The van der Waals surface area contributed by atoms with Crippen molar-refractivity contribution in [3.05, 3.63) is 28.2 Å². The highest BCUT2D eigenvalue weighted by molar-refractivity contribution is 9.10. The summed E-state index contributed by atoms with van der Waals surface area (Å²) in [4.78, 5) is 25.3. The number of amides is 2. The molecule has 1 aromatic carbocycles. The van der Waals surface area contributed by atoms with Gasteiger partial charge in [-0.1, -0.05) is 13.0 Å². The van der Waals surface area contributed by atoms with Gasteiger partial charge in [-0.3, -0.25) is 14.9 Å². The number of hydrogen-bond acceptors (Lipinski definition) is 4. The van der Waals surface area contributed by atoms with Crippen molar-refractivity contribution < 1.29 is 9.59 Å². The standard InChI is InChI=1S/C14H18BrN3O2/c1-3-11-14(20)17-13(19)7-18(11)12-5-4-9(8(2)16)6-10(12)15/h4-6,8,11H,3,7,16H2,1-2H3,(H,17,19,20)/t8-,11?/m0/s1. The molecule has 0 aromatic heterocycles. The van der Waals surface area contributed by atoms with Crippen molar-refractivity contribution in [2.75, 3.05) is 11.4 Å². The van der Waals surface area contributed by atoms with Crippen molar-refractivity contribution in [2.45, 2.75) is 32.4 Å². The Morgan fingerprint density at radius 1 is 1.50 bits per heavy atom. The molecule has 1 unspecified atom stereocenters. The zero-order valence-electron chi connectivity index (χ0n) is 11.5. The highest BCUT2D eigenvalue weighted by Crippen LogP contribution is 2.31. The van der Waals surface area contributed by atoms with E-state index in [1.807, 2.05) is 36.9 Å². The first-order chi connectivity index (χ1) is 9.43. The lowest BCUT2D eigenvalue weighted by Crippen LogP contribution is -2.58. The summed E-state index contributed by atoms with van der Waals surface area (Å²) in [5, 5.41) is 2.37. The van der Waals surface area contributed by atoms with E-state index >= 15 is 0 Å². The van der Waals surface area contributed by atoms with E-state index in [1.165, 1.54) is 0 Å². The van der Waals surface area contributed by atoms with E-state index < -0.39 is 0 Å². The molecule has 0 saturated carbocycles. The average molecular weight is 340 g/mol. The summed E-state index contributed by atoms with van der Waals surface area (Å²) in [6.45, 7) is 4.02. The number of carbonyl (C=O) groups is 2. The zero-order valence-corrected chi connectivity index (χ0v) is 13.1. The highest BCUT2D eigenvalue weighted by atomic mass is 79.9. The van der Waals surface area contributed by atoms with Crippen molar-refractivity contribution >= 4 is 33.4 Å². The molecule has 2 rings (SSSR count). The molecule has 0 spiro atoms. The van der Waals surface area contributed by atoms with Gasteiger partial charge < -0.3 is 10.6 Å². The second-order valence-corrected chi connectivity index (χ2v) is 5.82. The minimum atomic E-state index is -0.329. The zero-order chi connectivity index (χ0) is 14.9. The Morgan fingerprint density at radius 3 is 2.75 bits per heavy atom. The van der Waals surface area contributed by atoms with Crippen LogP contribution in [0.2, 0.25) is 0 Å². The van der Waals surface area contributed by atoms with E-state index in [0.29, 0.717) is 6.42 Å². The number of anilines is 1. The topological polar surface area (TPSA) is 75.4 Å². The monoisotopic (exact) mass is 339 g/mol. The van der Waals surface area contributed by atoms with Gasteiger partial charge in [0.25, 0.3) is 0 Å². The largest absolute Gasteiger partial charge is 0.349 e. The SMILES string of the molecule is CCC1C(=O)NC(=O)CN1c1ccc([C@H](C)N)cc1Br. The Hall–Kier alpha value is -1.40. The van der Waals surface area contributed by atoms with Crippen molar-refractivity contribution in [1.29, 1.82) is 0 Å². The third-order valence-corrected chi connectivity index (χ3v) is 4.08. The Balaban J connectivity index is 2.38. The normalized spacial score (nSPS) is 20.8. The fourth-order valence-corrected chi connectivity index (χ4v) is 2.99. The maximum Gasteiger partial charge on any atom is 0.249 e.